The topological polar surface area (TPSA) is 68.0 Å². The van der Waals surface area contributed by atoms with Gasteiger partial charge in [0.05, 0.1) is 11.1 Å². The van der Waals surface area contributed by atoms with E-state index in [1.807, 2.05) is 5.32 Å². The van der Waals surface area contributed by atoms with Gasteiger partial charge in [0, 0.05) is 11.1 Å². The van der Waals surface area contributed by atoms with E-state index in [1.165, 1.54) is 12.1 Å². The van der Waals surface area contributed by atoms with Crippen LogP contribution in [-0.2, 0) is 12.4 Å². The summed E-state index contributed by atoms with van der Waals surface area (Å²) in [7, 11) is 0. The van der Waals surface area contributed by atoms with Gasteiger partial charge in [-0.15, -0.1) is 5.10 Å². The molecule has 1 amide bonds. The minimum Gasteiger partial charge on any atom is -0.403 e. The molecule has 12 heteroatoms. The zero-order chi connectivity index (χ0) is 21.4. The second-order valence-corrected chi connectivity index (χ2v) is 5.67. The van der Waals surface area contributed by atoms with Crippen LogP contribution in [0.2, 0.25) is 0 Å². The Bertz CT molecular complexity index is 1030. The van der Waals surface area contributed by atoms with Crippen molar-refractivity contribution in [2.45, 2.75) is 12.4 Å². The first kappa shape index (κ1) is 20.3. The number of hydrogen-bond acceptors (Lipinski definition) is 4. The van der Waals surface area contributed by atoms with E-state index < -0.39 is 46.8 Å². The largest absolute Gasteiger partial charge is 0.416 e. The predicted molar refractivity (Wildman–Crippen MR) is 84.1 cm³/mol. The number of carbonyl (C=O) groups is 1. The molecule has 5 nitrogen and oxygen atoms in total. The fourth-order valence-electron chi connectivity index (χ4n) is 2.27. The third-order valence-electron chi connectivity index (χ3n) is 3.57. The number of halogens is 7. The summed E-state index contributed by atoms with van der Waals surface area (Å²) in [6.45, 7) is 0. The normalized spacial score (nSPS) is 12.1. The lowest BCUT2D eigenvalue weighted by molar-refractivity contribution is -0.143. The third kappa shape index (κ3) is 4.70. The van der Waals surface area contributed by atoms with Gasteiger partial charge in [-0.25, -0.2) is 4.39 Å². The predicted octanol–water partition coefficient (Wildman–Crippen LogP) is 5.17. The van der Waals surface area contributed by atoms with E-state index in [0.717, 1.165) is 12.1 Å². The van der Waals surface area contributed by atoms with E-state index in [0.29, 0.717) is 0 Å². The number of rotatable bonds is 3. The number of anilines is 1. The van der Waals surface area contributed by atoms with E-state index in [2.05, 4.69) is 10.2 Å². The molecule has 0 aliphatic carbocycles. The van der Waals surface area contributed by atoms with E-state index in [-0.39, 0.29) is 29.7 Å². The van der Waals surface area contributed by atoms with Crippen LogP contribution in [0.15, 0.2) is 46.9 Å². The van der Waals surface area contributed by atoms with Gasteiger partial charge in [-0.05, 0) is 36.4 Å². The number of nitrogens with one attached hydrogen (secondary N) is 1. The van der Waals surface area contributed by atoms with Gasteiger partial charge in [0.1, 0.15) is 5.82 Å². The Balaban J connectivity index is 1.89. The van der Waals surface area contributed by atoms with Gasteiger partial charge >= 0.3 is 18.4 Å². The molecule has 0 saturated heterocycles. The summed E-state index contributed by atoms with van der Waals surface area (Å²) >= 11 is 0. The van der Waals surface area contributed by atoms with Crippen LogP contribution in [-0.4, -0.2) is 16.1 Å². The fraction of sp³-hybridized carbons (Fsp3) is 0.118. The lowest BCUT2D eigenvalue weighted by atomic mass is 10.0. The van der Waals surface area contributed by atoms with Gasteiger partial charge in [-0.1, -0.05) is 11.2 Å². The molecule has 0 fully saturated rings. The second kappa shape index (κ2) is 7.18. The van der Waals surface area contributed by atoms with Crippen molar-refractivity contribution in [2.75, 3.05) is 5.32 Å². The van der Waals surface area contributed by atoms with Gasteiger partial charge in [0.25, 0.3) is 5.91 Å². The van der Waals surface area contributed by atoms with Gasteiger partial charge in [0.15, 0.2) is 0 Å². The quantitative estimate of drug-likeness (QED) is 0.595. The molecule has 2 aromatic carbocycles. The second-order valence-electron chi connectivity index (χ2n) is 5.67. The van der Waals surface area contributed by atoms with Crippen molar-refractivity contribution >= 4 is 11.9 Å². The standard InChI is InChI=1S/C17H8F7N3O2/c18-12-3-1-2-8(6-12)14-26-27-15(29-14)25-13(28)9-4-10(16(19,20)21)7-11(5-9)17(22,23)24/h1-7H,(H,25,27,28). The van der Waals surface area contributed by atoms with Gasteiger partial charge < -0.3 is 4.42 Å². The molecule has 1 heterocycles. The van der Waals surface area contributed by atoms with E-state index in [4.69, 9.17) is 4.42 Å². The molecule has 3 aromatic rings. The molecule has 0 aliphatic rings. The number of carbonyl (C=O) groups excluding carboxylic acids is 1. The number of amides is 1. The third-order valence-corrected chi connectivity index (χ3v) is 3.57. The Hall–Kier alpha value is -3.44. The summed E-state index contributed by atoms with van der Waals surface area (Å²) in [5.74, 6) is -2.18. The molecule has 152 valence electrons. The molecule has 0 aliphatic heterocycles. The van der Waals surface area contributed by atoms with Crippen LogP contribution in [0.5, 0.6) is 0 Å². The van der Waals surface area contributed by atoms with E-state index in [9.17, 15) is 35.5 Å². The zero-order valence-electron chi connectivity index (χ0n) is 13.9. The Morgan fingerprint density at radius 1 is 0.897 bits per heavy atom. The van der Waals surface area contributed by atoms with Crippen LogP contribution in [0.25, 0.3) is 11.5 Å². The van der Waals surface area contributed by atoms with Crippen molar-refractivity contribution in [3.05, 3.63) is 65.0 Å². The highest BCUT2D eigenvalue weighted by Crippen LogP contribution is 2.36. The molecule has 0 saturated carbocycles. The van der Waals surface area contributed by atoms with Crippen molar-refractivity contribution in [1.29, 1.82) is 0 Å². The molecule has 1 N–H and O–H groups in total. The average Bonchev–Trinajstić information content (AvgIpc) is 3.08. The van der Waals surface area contributed by atoms with Crippen molar-refractivity contribution in [1.82, 2.24) is 10.2 Å². The summed E-state index contributed by atoms with van der Waals surface area (Å²) in [5, 5.41) is 8.86. The maximum atomic E-state index is 13.2. The smallest absolute Gasteiger partial charge is 0.403 e. The maximum absolute atomic E-state index is 13.2. The van der Waals surface area contributed by atoms with Crippen LogP contribution in [0.3, 0.4) is 0 Å². The van der Waals surface area contributed by atoms with E-state index >= 15 is 0 Å². The summed E-state index contributed by atoms with van der Waals surface area (Å²) in [6.07, 6.45) is -10.2. The molecular weight excluding hydrogens is 411 g/mol. The van der Waals surface area contributed by atoms with Crippen LogP contribution in [0.4, 0.5) is 36.7 Å². The number of nitrogens with zero attached hydrogens (tertiary/aromatic N) is 2. The average molecular weight is 419 g/mol. The van der Waals surface area contributed by atoms with Crippen molar-refractivity contribution in [3.8, 4) is 11.5 Å². The highest BCUT2D eigenvalue weighted by Gasteiger charge is 2.37. The monoisotopic (exact) mass is 419 g/mol. The SMILES string of the molecule is O=C(Nc1nnc(-c2cccc(F)c2)o1)c1cc(C(F)(F)F)cc(C(F)(F)F)c1. The molecule has 0 atom stereocenters. The Labute approximate surface area is 157 Å². The molecule has 0 unspecified atom stereocenters. The van der Waals surface area contributed by atoms with Crippen molar-refractivity contribution in [3.63, 3.8) is 0 Å². The van der Waals surface area contributed by atoms with Crippen molar-refractivity contribution < 1.29 is 39.9 Å². The highest BCUT2D eigenvalue weighted by atomic mass is 19.4. The number of alkyl halides is 6. The zero-order valence-corrected chi connectivity index (χ0v) is 13.9. The summed E-state index contributed by atoms with van der Waals surface area (Å²) in [6, 6.07) is 4.75. The van der Waals surface area contributed by atoms with Crippen molar-refractivity contribution in [2.24, 2.45) is 0 Å². The Morgan fingerprint density at radius 3 is 2.07 bits per heavy atom. The van der Waals surface area contributed by atoms with Crippen LogP contribution >= 0.6 is 0 Å². The summed E-state index contributed by atoms with van der Waals surface area (Å²) in [5.41, 5.74) is -4.07. The number of aromatic nitrogens is 2. The minimum atomic E-state index is -5.11. The molecule has 1 aromatic heterocycles. The molecular formula is C17H8F7N3O2. The first-order valence-corrected chi connectivity index (χ1v) is 7.64. The van der Waals surface area contributed by atoms with Crippen LogP contribution < -0.4 is 5.32 Å². The fourth-order valence-corrected chi connectivity index (χ4v) is 2.27. The van der Waals surface area contributed by atoms with E-state index in [1.54, 1.807) is 0 Å². The maximum Gasteiger partial charge on any atom is 0.416 e. The summed E-state index contributed by atoms with van der Waals surface area (Å²) < 4.78 is 95.5. The minimum absolute atomic E-state index is 0.106. The Kier molecular flexibility index (Phi) is 5.03. The van der Waals surface area contributed by atoms with Crippen LogP contribution in [0.1, 0.15) is 21.5 Å². The first-order valence-electron chi connectivity index (χ1n) is 7.64. The molecule has 0 radical (unpaired) electrons. The number of benzene rings is 2. The number of hydrogen-bond donors (Lipinski definition) is 1. The molecule has 0 spiro atoms. The lowest BCUT2D eigenvalue weighted by Crippen LogP contribution is -2.17. The summed E-state index contributed by atoms with van der Waals surface area (Å²) in [4.78, 5) is 12.1. The molecule has 3 rings (SSSR count). The lowest BCUT2D eigenvalue weighted by Gasteiger charge is -2.13. The highest BCUT2D eigenvalue weighted by molar-refractivity contribution is 6.03. The molecule has 0 bridgehead atoms. The first-order chi connectivity index (χ1) is 13.4. The van der Waals surface area contributed by atoms with Gasteiger partial charge in [-0.3, -0.25) is 10.1 Å². The molecule has 29 heavy (non-hydrogen) atoms. The van der Waals surface area contributed by atoms with Gasteiger partial charge in [-0.2, -0.15) is 26.3 Å². The Morgan fingerprint density at radius 2 is 1.52 bits per heavy atom. The van der Waals surface area contributed by atoms with Crippen LogP contribution in [0, 0.1) is 5.82 Å². The van der Waals surface area contributed by atoms with Gasteiger partial charge in [0.2, 0.25) is 5.89 Å².